The van der Waals surface area contributed by atoms with Crippen molar-refractivity contribution in [3.8, 4) is 0 Å². The van der Waals surface area contributed by atoms with E-state index in [1.54, 1.807) is 0 Å². The Balaban J connectivity index is 1.94. The quantitative estimate of drug-likeness (QED) is 0.815. The van der Waals surface area contributed by atoms with E-state index in [-0.39, 0.29) is 5.54 Å². The molecule has 0 radical (unpaired) electrons. The zero-order valence-electron chi connectivity index (χ0n) is 12.1. The molecule has 2 fully saturated rings. The first-order chi connectivity index (χ1) is 7.67. The average Bonchev–Trinajstić information content (AvgIpc) is 2.53. The lowest BCUT2D eigenvalue weighted by Crippen LogP contribution is -2.46. The molecule has 2 nitrogen and oxygen atoms in total. The molecule has 1 saturated carbocycles. The highest BCUT2D eigenvalue weighted by atomic mass is 32.2. The first-order valence-electron chi connectivity index (χ1n) is 6.62. The summed E-state index contributed by atoms with van der Waals surface area (Å²) in [4.78, 5) is 4.80. The van der Waals surface area contributed by atoms with Crippen LogP contribution in [0.5, 0.6) is 0 Å². The minimum Gasteiger partial charge on any atom is -0.360 e. The van der Waals surface area contributed by atoms with Gasteiger partial charge in [0.2, 0.25) is 0 Å². The van der Waals surface area contributed by atoms with Gasteiger partial charge in [0.15, 0.2) is 5.17 Å². The third-order valence-electron chi connectivity index (χ3n) is 5.15. The summed E-state index contributed by atoms with van der Waals surface area (Å²) in [7, 11) is 0. The minimum atomic E-state index is 0.221. The summed E-state index contributed by atoms with van der Waals surface area (Å²) in [6.07, 6.45) is 1.22. The summed E-state index contributed by atoms with van der Waals surface area (Å²) in [5.74, 6) is 1.92. The molecule has 1 heterocycles. The SMILES string of the molecule is CC1(C)CCSC(=NCC2C(C)(C)C2(C)C)N1. The molecule has 2 rings (SSSR count). The molecule has 17 heavy (non-hydrogen) atoms. The van der Waals surface area contributed by atoms with Gasteiger partial charge in [-0.25, -0.2) is 0 Å². The molecule has 0 aromatic rings. The zero-order valence-corrected chi connectivity index (χ0v) is 12.9. The highest BCUT2D eigenvalue weighted by Gasteiger charge is 2.64. The predicted molar refractivity (Wildman–Crippen MR) is 77.6 cm³/mol. The fourth-order valence-corrected chi connectivity index (χ4v) is 4.16. The van der Waals surface area contributed by atoms with E-state index in [0.717, 1.165) is 17.6 Å². The van der Waals surface area contributed by atoms with Gasteiger partial charge in [0.1, 0.15) is 0 Å². The molecule has 0 spiro atoms. The Morgan fingerprint density at radius 2 is 1.76 bits per heavy atom. The van der Waals surface area contributed by atoms with Gasteiger partial charge >= 0.3 is 0 Å². The van der Waals surface area contributed by atoms with Gasteiger partial charge in [0, 0.05) is 17.8 Å². The van der Waals surface area contributed by atoms with Crippen molar-refractivity contribution in [3.05, 3.63) is 0 Å². The molecule has 1 N–H and O–H groups in total. The van der Waals surface area contributed by atoms with Crippen LogP contribution in [0.15, 0.2) is 4.99 Å². The van der Waals surface area contributed by atoms with E-state index in [2.05, 4.69) is 46.9 Å². The van der Waals surface area contributed by atoms with Crippen LogP contribution in [0.1, 0.15) is 48.0 Å². The molecule has 0 unspecified atom stereocenters. The number of hydrogen-bond donors (Lipinski definition) is 1. The molecule has 0 amide bonds. The Morgan fingerprint density at radius 3 is 2.24 bits per heavy atom. The van der Waals surface area contributed by atoms with Crippen molar-refractivity contribution in [2.24, 2.45) is 21.7 Å². The lowest BCUT2D eigenvalue weighted by molar-refractivity contribution is 0.445. The lowest BCUT2D eigenvalue weighted by Gasteiger charge is -2.32. The third-order valence-corrected chi connectivity index (χ3v) is 6.06. The molecule has 0 aromatic carbocycles. The van der Waals surface area contributed by atoms with E-state index in [4.69, 9.17) is 4.99 Å². The van der Waals surface area contributed by atoms with E-state index < -0.39 is 0 Å². The first kappa shape index (κ1) is 13.3. The van der Waals surface area contributed by atoms with Crippen molar-refractivity contribution in [3.63, 3.8) is 0 Å². The number of thioether (sulfide) groups is 1. The van der Waals surface area contributed by atoms with Gasteiger partial charge in [-0.15, -0.1) is 0 Å². The Labute approximate surface area is 110 Å². The van der Waals surface area contributed by atoms with Gasteiger partial charge in [-0.05, 0) is 37.0 Å². The Kier molecular flexibility index (Phi) is 3.05. The number of aliphatic imine (C=N–C) groups is 1. The summed E-state index contributed by atoms with van der Waals surface area (Å²) in [5.41, 5.74) is 1.12. The van der Waals surface area contributed by atoms with Crippen LogP contribution < -0.4 is 5.32 Å². The molecule has 1 aliphatic carbocycles. The van der Waals surface area contributed by atoms with Crippen LogP contribution in [-0.2, 0) is 0 Å². The Bertz CT molecular complexity index is 328. The number of amidine groups is 1. The molecule has 0 aromatic heterocycles. The average molecular weight is 254 g/mol. The number of rotatable bonds is 2. The number of nitrogens with one attached hydrogen (secondary N) is 1. The van der Waals surface area contributed by atoms with E-state index in [9.17, 15) is 0 Å². The second-order valence-electron chi connectivity index (χ2n) is 7.25. The van der Waals surface area contributed by atoms with Crippen LogP contribution in [0.25, 0.3) is 0 Å². The van der Waals surface area contributed by atoms with Crippen molar-refractivity contribution in [1.82, 2.24) is 5.32 Å². The number of nitrogens with zero attached hydrogens (tertiary/aromatic N) is 1. The second-order valence-corrected chi connectivity index (χ2v) is 8.33. The summed E-state index contributed by atoms with van der Waals surface area (Å²) >= 11 is 1.87. The highest BCUT2D eigenvalue weighted by Crippen LogP contribution is 2.68. The molecule has 2 aliphatic rings. The molecular weight excluding hydrogens is 228 g/mol. The van der Waals surface area contributed by atoms with Crippen LogP contribution in [0.4, 0.5) is 0 Å². The molecule has 1 saturated heterocycles. The fraction of sp³-hybridized carbons (Fsp3) is 0.929. The van der Waals surface area contributed by atoms with Gasteiger partial charge in [0.05, 0.1) is 0 Å². The van der Waals surface area contributed by atoms with Gasteiger partial charge in [-0.3, -0.25) is 4.99 Å². The Morgan fingerprint density at radius 1 is 1.18 bits per heavy atom. The van der Waals surface area contributed by atoms with Gasteiger partial charge in [-0.2, -0.15) is 0 Å². The fourth-order valence-electron chi connectivity index (χ4n) is 2.84. The zero-order chi connectivity index (χ0) is 12.9. The van der Waals surface area contributed by atoms with E-state index >= 15 is 0 Å². The maximum absolute atomic E-state index is 4.80. The molecule has 0 bridgehead atoms. The van der Waals surface area contributed by atoms with E-state index in [0.29, 0.717) is 10.8 Å². The maximum Gasteiger partial charge on any atom is 0.156 e. The van der Waals surface area contributed by atoms with E-state index in [1.807, 2.05) is 11.8 Å². The summed E-state index contributed by atoms with van der Waals surface area (Å²) < 4.78 is 0. The van der Waals surface area contributed by atoms with Crippen molar-refractivity contribution >= 4 is 16.9 Å². The first-order valence-corrected chi connectivity index (χ1v) is 7.61. The highest BCUT2D eigenvalue weighted by molar-refractivity contribution is 8.13. The van der Waals surface area contributed by atoms with Gasteiger partial charge in [0.25, 0.3) is 0 Å². The van der Waals surface area contributed by atoms with Crippen molar-refractivity contribution in [2.75, 3.05) is 12.3 Å². The van der Waals surface area contributed by atoms with Gasteiger partial charge < -0.3 is 5.32 Å². The summed E-state index contributed by atoms with van der Waals surface area (Å²) in [6, 6.07) is 0. The van der Waals surface area contributed by atoms with Crippen LogP contribution in [-0.4, -0.2) is 23.0 Å². The molecular formula is C14H26N2S. The largest absolute Gasteiger partial charge is 0.360 e. The van der Waals surface area contributed by atoms with Crippen molar-refractivity contribution < 1.29 is 0 Å². The minimum absolute atomic E-state index is 0.221. The molecule has 1 aliphatic heterocycles. The van der Waals surface area contributed by atoms with Crippen molar-refractivity contribution in [1.29, 1.82) is 0 Å². The Hall–Kier alpha value is -0.180. The lowest BCUT2D eigenvalue weighted by atomic mass is 10.0. The van der Waals surface area contributed by atoms with E-state index in [1.165, 1.54) is 12.2 Å². The second kappa shape index (κ2) is 3.91. The number of hydrogen-bond acceptors (Lipinski definition) is 2. The third kappa shape index (κ3) is 2.35. The molecule has 0 atom stereocenters. The van der Waals surface area contributed by atoms with Crippen LogP contribution in [0, 0.1) is 16.7 Å². The van der Waals surface area contributed by atoms with Crippen LogP contribution in [0.3, 0.4) is 0 Å². The van der Waals surface area contributed by atoms with Crippen LogP contribution in [0.2, 0.25) is 0 Å². The predicted octanol–water partition coefficient (Wildman–Crippen LogP) is 3.53. The summed E-state index contributed by atoms with van der Waals surface area (Å²) in [6.45, 7) is 14.9. The smallest absolute Gasteiger partial charge is 0.156 e. The topological polar surface area (TPSA) is 24.4 Å². The van der Waals surface area contributed by atoms with Crippen molar-refractivity contribution in [2.45, 2.75) is 53.5 Å². The molecule has 98 valence electrons. The summed E-state index contributed by atoms with van der Waals surface area (Å²) in [5, 5.41) is 4.70. The standard InChI is InChI=1S/C14H26N2S/c1-12(2)7-8-17-11(16-12)15-9-10-13(3,4)14(10,5)6/h10H,7-9H2,1-6H3,(H,15,16). The van der Waals surface area contributed by atoms with Gasteiger partial charge in [-0.1, -0.05) is 39.5 Å². The van der Waals surface area contributed by atoms with Crippen LogP contribution >= 0.6 is 11.8 Å². The maximum atomic E-state index is 4.80. The monoisotopic (exact) mass is 254 g/mol. The normalized spacial score (nSPS) is 32.2. The molecule has 3 heteroatoms.